The molecule has 4 heteroatoms. The molecule has 1 unspecified atom stereocenters. The number of aryl methyl sites for hydroxylation is 1. The Morgan fingerprint density at radius 2 is 2.00 bits per heavy atom. The van der Waals surface area contributed by atoms with Crippen molar-refractivity contribution in [3.05, 3.63) is 41.8 Å². The van der Waals surface area contributed by atoms with Gasteiger partial charge in [0, 0.05) is 23.1 Å². The van der Waals surface area contributed by atoms with E-state index in [-0.39, 0.29) is 18.5 Å². The fraction of sp³-hybridized carbons (Fsp3) is 0.389. The molecule has 1 atom stereocenters. The standard InChI is InChI=1S/C18H21NO2.ClH/c1-4-5-10-20-13(3)17-11-15-12(2)19-16-9-7-6-8-14(16)18(15)21-17;/h6-9,11,13H,4-5,10H2,1-3H3;1H. The summed E-state index contributed by atoms with van der Waals surface area (Å²) >= 11 is 0. The third-order valence-electron chi connectivity index (χ3n) is 3.84. The zero-order chi connectivity index (χ0) is 14.8. The molecule has 3 rings (SSSR count). The molecule has 2 heterocycles. The predicted molar refractivity (Wildman–Crippen MR) is 92.8 cm³/mol. The highest BCUT2D eigenvalue weighted by molar-refractivity contribution is 6.03. The number of rotatable bonds is 5. The number of furan rings is 1. The number of hydrogen-bond donors (Lipinski definition) is 0. The van der Waals surface area contributed by atoms with E-state index in [1.54, 1.807) is 0 Å². The minimum Gasteiger partial charge on any atom is -0.458 e. The molecule has 0 saturated heterocycles. The fourth-order valence-electron chi connectivity index (χ4n) is 2.57. The van der Waals surface area contributed by atoms with Crippen molar-refractivity contribution in [3.63, 3.8) is 0 Å². The van der Waals surface area contributed by atoms with E-state index in [4.69, 9.17) is 9.15 Å². The van der Waals surface area contributed by atoms with Crippen LogP contribution in [0.3, 0.4) is 0 Å². The number of hydrogen-bond acceptors (Lipinski definition) is 3. The average molecular weight is 320 g/mol. The summed E-state index contributed by atoms with van der Waals surface area (Å²) < 4.78 is 11.9. The van der Waals surface area contributed by atoms with E-state index in [1.807, 2.05) is 32.0 Å². The zero-order valence-electron chi connectivity index (χ0n) is 13.3. The van der Waals surface area contributed by atoms with Crippen LogP contribution in [0.1, 0.15) is 44.2 Å². The first kappa shape index (κ1) is 16.8. The van der Waals surface area contributed by atoms with Crippen molar-refractivity contribution >= 4 is 34.3 Å². The highest BCUT2D eigenvalue weighted by Gasteiger charge is 2.15. The number of nitrogens with zero attached hydrogens (tertiary/aromatic N) is 1. The second-order valence-electron chi connectivity index (χ2n) is 5.47. The largest absolute Gasteiger partial charge is 0.458 e. The molecule has 0 aliphatic carbocycles. The lowest BCUT2D eigenvalue weighted by Gasteiger charge is -2.09. The van der Waals surface area contributed by atoms with Crippen molar-refractivity contribution in [3.8, 4) is 0 Å². The second kappa shape index (κ2) is 7.12. The molecule has 0 aliphatic rings. The molecule has 0 radical (unpaired) electrons. The van der Waals surface area contributed by atoms with Crippen molar-refractivity contribution < 1.29 is 9.15 Å². The van der Waals surface area contributed by atoms with Crippen LogP contribution in [0.25, 0.3) is 21.9 Å². The van der Waals surface area contributed by atoms with E-state index in [0.29, 0.717) is 0 Å². The molecule has 0 N–H and O–H groups in total. The van der Waals surface area contributed by atoms with Gasteiger partial charge in [-0.05, 0) is 38.5 Å². The Hall–Kier alpha value is -1.58. The molecule has 1 aromatic carbocycles. The summed E-state index contributed by atoms with van der Waals surface area (Å²) in [4.78, 5) is 4.65. The molecule has 3 aromatic rings. The fourth-order valence-corrected chi connectivity index (χ4v) is 2.57. The van der Waals surface area contributed by atoms with E-state index in [9.17, 15) is 0 Å². The van der Waals surface area contributed by atoms with Crippen LogP contribution in [-0.4, -0.2) is 11.6 Å². The van der Waals surface area contributed by atoms with Gasteiger partial charge in [-0.15, -0.1) is 12.4 Å². The Kier molecular flexibility index (Phi) is 5.43. The van der Waals surface area contributed by atoms with Crippen molar-refractivity contribution in [2.24, 2.45) is 0 Å². The van der Waals surface area contributed by atoms with Gasteiger partial charge in [0.2, 0.25) is 0 Å². The van der Waals surface area contributed by atoms with Gasteiger partial charge in [-0.1, -0.05) is 25.5 Å². The molecule has 0 saturated carbocycles. The van der Waals surface area contributed by atoms with Gasteiger partial charge in [-0.25, -0.2) is 0 Å². The molecular weight excluding hydrogens is 298 g/mol. The SMILES string of the molecule is CCCCOC(C)c1cc2c(C)nc3ccccc3c2o1.Cl. The maximum Gasteiger partial charge on any atom is 0.145 e. The summed E-state index contributed by atoms with van der Waals surface area (Å²) in [6, 6.07) is 10.2. The minimum absolute atomic E-state index is 0. The summed E-state index contributed by atoms with van der Waals surface area (Å²) in [6.07, 6.45) is 2.19. The highest BCUT2D eigenvalue weighted by Crippen LogP contribution is 2.32. The first-order chi connectivity index (χ1) is 10.2. The summed E-state index contributed by atoms with van der Waals surface area (Å²) in [7, 11) is 0. The van der Waals surface area contributed by atoms with Gasteiger partial charge in [-0.2, -0.15) is 0 Å². The van der Waals surface area contributed by atoms with Crippen LogP contribution >= 0.6 is 12.4 Å². The molecule has 3 nitrogen and oxygen atoms in total. The van der Waals surface area contributed by atoms with Crippen LogP contribution in [-0.2, 0) is 4.74 Å². The number of aromatic nitrogens is 1. The number of benzene rings is 1. The van der Waals surface area contributed by atoms with Crippen LogP contribution in [0.4, 0.5) is 0 Å². The molecule has 0 aliphatic heterocycles. The summed E-state index contributed by atoms with van der Waals surface area (Å²) in [6.45, 7) is 7.00. The Balaban J connectivity index is 0.00000176. The minimum atomic E-state index is -0.0258. The van der Waals surface area contributed by atoms with Gasteiger partial charge in [0.25, 0.3) is 0 Å². The molecule has 2 aromatic heterocycles. The third kappa shape index (κ3) is 3.11. The van der Waals surface area contributed by atoms with Crippen molar-refractivity contribution in [2.75, 3.05) is 6.61 Å². The molecule has 118 valence electrons. The first-order valence-electron chi connectivity index (χ1n) is 7.61. The summed E-state index contributed by atoms with van der Waals surface area (Å²) in [5, 5.41) is 2.14. The number of halogens is 1. The van der Waals surface area contributed by atoms with Crippen molar-refractivity contribution in [1.29, 1.82) is 0 Å². The molecule has 0 bridgehead atoms. The van der Waals surface area contributed by atoms with Gasteiger partial charge in [0.05, 0.1) is 5.52 Å². The van der Waals surface area contributed by atoms with Crippen LogP contribution < -0.4 is 0 Å². The normalized spacial score (nSPS) is 12.5. The predicted octanol–water partition coefficient (Wildman–Crippen LogP) is 5.59. The van der Waals surface area contributed by atoms with Gasteiger partial charge >= 0.3 is 0 Å². The Labute approximate surface area is 137 Å². The van der Waals surface area contributed by atoms with Crippen LogP contribution in [0, 0.1) is 6.92 Å². The monoisotopic (exact) mass is 319 g/mol. The van der Waals surface area contributed by atoms with Crippen LogP contribution in [0.2, 0.25) is 0 Å². The van der Waals surface area contributed by atoms with Crippen molar-refractivity contribution in [2.45, 2.75) is 39.7 Å². The summed E-state index contributed by atoms with van der Waals surface area (Å²) in [5.74, 6) is 0.877. The number of ether oxygens (including phenoxy) is 1. The Morgan fingerprint density at radius 3 is 2.77 bits per heavy atom. The topological polar surface area (TPSA) is 35.3 Å². The Bertz CT molecular complexity index is 766. The molecule has 0 fully saturated rings. The summed E-state index contributed by atoms with van der Waals surface area (Å²) in [5.41, 5.74) is 2.89. The quantitative estimate of drug-likeness (QED) is 0.575. The van der Waals surface area contributed by atoms with Gasteiger partial charge < -0.3 is 9.15 Å². The number of para-hydroxylation sites is 1. The maximum absolute atomic E-state index is 6.09. The third-order valence-corrected chi connectivity index (χ3v) is 3.84. The van der Waals surface area contributed by atoms with E-state index < -0.39 is 0 Å². The number of pyridine rings is 1. The lowest BCUT2D eigenvalue weighted by atomic mass is 10.1. The van der Waals surface area contributed by atoms with E-state index >= 15 is 0 Å². The average Bonchev–Trinajstić information content (AvgIpc) is 2.94. The number of unbranched alkanes of at least 4 members (excludes halogenated alkanes) is 1. The van der Waals surface area contributed by atoms with Gasteiger partial charge in [-0.3, -0.25) is 4.98 Å². The van der Waals surface area contributed by atoms with E-state index in [2.05, 4.69) is 24.0 Å². The Morgan fingerprint density at radius 1 is 1.23 bits per heavy atom. The van der Waals surface area contributed by atoms with Crippen LogP contribution in [0.5, 0.6) is 0 Å². The van der Waals surface area contributed by atoms with Gasteiger partial charge in [0.1, 0.15) is 17.4 Å². The van der Waals surface area contributed by atoms with E-state index in [0.717, 1.165) is 52.8 Å². The molecule has 0 amide bonds. The smallest absolute Gasteiger partial charge is 0.145 e. The van der Waals surface area contributed by atoms with E-state index in [1.165, 1.54) is 0 Å². The molecular formula is C18H22ClNO2. The van der Waals surface area contributed by atoms with Crippen molar-refractivity contribution in [1.82, 2.24) is 4.98 Å². The highest BCUT2D eigenvalue weighted by atomic mass is 35.5. The first-order valence-corrected chi connectivity index (χ1v) is 7.61. The lowest BCUT2D eigenvalue weighted by Crippen LogP contribution is -1.99. The van der Waals surface area contributed by atoms with Gasteiger partial charge in [0.15, 0.2) is 0 Å². The number of fused-ring (bicyclic) bond motifs is 3. The zero-order valence-corrected chi connectivity index (χ0v) is 14.1. The molecule has 0 spiro atoms. The second-order valence-corrected chi connectivity index (χ2v) is 5.47. The maximum atomic E-state index is 6.09. The lowest BCUT2D eigenvalue weighted by molar-refractivity contribution is 0.0500. The molecule has 22 heavy (non-hydrogen) atoms. The van der Waals surface area contributed by atoms with Crippen LogP contribution in [0.15, 0.2) is 34.7 Å².